The van der Waals surface area contributed by atoms with E-state index < -0.39 is 17.8 Å². The van der Waals surface area contributed by atoms with Gasteiger partial charge in [0.1, 0.15) is 0 Å². The van der Waals surface area contributed by atoms with Crippen molar-refractivity contribution in [3.8, 4) is 0 Å². The van der Waals surface area contributed by atoms with Gasteiger partial charge in [-0.2, -0.15) is 0 Å². The number of hydrogen-bond donors (Lipinski definition) is 3. The first-order valence-electron chi connectivity index (χ1n) is 5.40. The third-order valence-electron chi connectivity index (χ3n) is 2.81. The van der Waals surface area contributed by atoms with E-state index in [1.165, 1.54) is 13.1 Å². The largest absolute Gasteiger partial charge is 0.480 e. The lowest BCUT2D eigenvalue weighted by atomic mass is 10.0. The molecule has 0 saturated heterocycles. The standard InChI is InChI=1S/C12H12N2O4/c1-13-10(12(17)18)11(16)6-2-3-8-7(4-6)5-9(15)14-8/h2-4,10,13H,5H2,1H3,(H,14,15)(H,17,18). The van der Waals surface area contributed by atoms with Crippen molar-refractivity contribution in [1.29, 1.82) is 0 Å². The number of fused-ring (bicyclic) bond motifs is 1. The lowest BCUT2D eigenvalue weighted by Gasteiger charge is -2.10. The Balaban J connectivity index is 2.30. The maximum atomic E-state index is 12.0. The normalized spacial score (nSPS) is 14.8. The molecule has 0 aliphatic carbocycles. The highest BCUT2D eigenvalue weighted by atomic mass is 16.4. The number of carbonyl (C=O) groups excluding carboxylic acids is 2. The topological polar surface area (TPSA) is 95.5 Å². The second kappa shape index (κ2) is 4.58. The van der Waals surface area contributed by atoms with Gasteiger partial charge in [-0.25, -0.2) is 0 Å². The molecule has 1 aromatic rings. The third kappa shape index (κ3) is 2.10. The van der Waals surface area contributed by atoms with Gasteiger partial charge in [0.25, 0.3) is 0 Å². The summed E-state index contributed by atoms with van der Waals surface area (Å²) in [6.07, 6.45) is 0.216. The molecule has 0 saturated carbocycles. The summed E-state index contributed by atoms with van der Waals surface area (Å²) < 4.78 is 0. The minimum absolute atomic E-state index is 0.127. The number of Topliss-reactive ketones (excluding diaryl/α,β-unsaturated/α-hetero) is 1. The van der Waals surface area contributed by atoms with Crippen LogP contribution in [-0.2, 0) is 16.0 Å². The number of carboxylic acid groups (broad SMARTS) is 1. The Kier molecular flexibility index (Phi) is 3.12. The summed E-state index contributed by atoms with van der Waals surface area (Å²) in [5.41, 5.74) is 1.67. The zero-order chi connectivity index (χ0) is 13.3. The molecule has 1 aliphatic heterocycles. The Bertz CT molecular complexity index is 539. The lowest BCUT2D eigenvalue weighted by Crippen LogP contribution is -2.41. The van der Waals surface area contributed by atoms with Crippen LogP contribution < -0.4 is 10.6 Å². The SMILES string of the molecule is CNC(C(=O)O)C(=O)c1ccc2c(c1)CC(=O)N2. The molecule has 0 radical (unpaired) electrons. The van der Waals surface area contributed by atoms with E-state index in [0.717, 1.165) is 0 Å². The number of carbonyl (C=O) groups is 3. The lowest BCUT2D eigenvalue weighted by molar-refractivity contribution is -0.137. The van der Waals surface area contributed by atoms with Gasteiger partial charge in [0.05, 0.1) is 6.42 Å². The average molecular weight is 248 g/mol. The summed E-state index contributed by atoms with van der Waals surface area (Å²) in [5.74, 6) is -1.87. The van der Waals surface area contributed by atoms with Gasteiger partial charge in [0.2, 0.25) is 5.91 Å². The van der Waals surface area contributed by atoms with E-state index in [1.54, 1.807) is 12.1 Å². The van der Waals surface area contributed by atoms with Gasteiger partial charge in [-0.3, -0.25) is 14.4 Å². The van der Waals surface area contributed by atoms with Crippen LogP contribution in [0, 0.1) is 0 Å². The summed E-state index contributed by atoms with van der Waals surface area (Å²) in [6.45, 7) is 0. The van der Waals surface area contributed by atoms with Crippen LogP contribution in [0.2, 0.25) is 0 Å². The fourth-order valence-electron chi connectivity index (χ4n) is 1.92. The van der Waals surface area contributed by atoms with Crippen molar-refractivity contribution >= 4 is 23.3 Å². The molecule has 0 spiro atoms. The zero-order valence-electron chi connectivity index (χ0n) is 9.69. The maximum absolute atomic E-state index is 12.0. The number of likely N-dealkylation sites (N-methyl/N-ethyl adjacent to an activating group) is 1. The molecular weight excluding hydrogens is 236 g/mol. The summed E-state index contributed by atoms with van der Waals surface area (Å²) in [6, 6.07) is 3.42. The van der Waals surface area contributed by atoms with Crippen LogP contribution in [0.3, 0.4) is 0 Å². The minimum atomic E-state index is -1.27. The number of benzene rings is 1. The van der Waals surface area contributed by atoms with Crippen molar-refractivity contribution in [3.05, 3.63) is 29.3 Å². The number of amides is 1. The van der Waals surface area contributed by atoms with Gasteiger partial charge in [0, 0.05) is 11.3 Å². The van der Waals surface area contributed by atoms with Crippen molar-refractivity contribution in [2.24, 2.45) is 0 Å². The first-order valence-corrected chi connectivity index (χ1v) is 5.40. The van der Waals surface area contributed by atoms with Crippen LogP contribution in [0.15, 0.2) is 18.2 Å². The van der Waals surface area contributed by atoms with E-state index >= 15 is 0 Å². The van der Waals surface area contributed by atoms with Crippen LogP contribution in [0.4, 0.5) is 5.69 Å². The van der Waals surface area contributed by atoms with Crippen molar-refractivity contribution < 1.29 is 19.5 Å². The van der Waals surface area contributed by atoms with E-state index in [2.05, 4.69) is 10.6 Å². The number of hydrogen-bond acceptors (Lipinski definition) is 4. The number of aliphatic carboxylic acids is 1. The van der Waals surface area contributed by atoms with Crippen molar-refractivity contribution in [2.75, 3.05) is 12.4 Å². The molecule has 18 heavy (non-hydrogen) atoms. The molecule has 6 heteroatoms. The number of ketones is 1. The van der Waals surface area contributed by atoms with Gasteiger partial charge in [-0.15, -0.1) is 0 Å². The summed E-state index contributed by atoms with van der Waals surface area (Å²) >= 11 is 0. The summed E-state index contributed by atoms with van der Waals surface area (Å²) in [5, 5.41) is 14.0. The second-order valence-electron chi connectivity index (χ2n) is 4.02. The minimum Gasteiger partial charge on any atom is -0.480 e. The van der Waals surface area contributed by atoms with Gasteiger partial charge < -0.3 is 15.7 Å². The van der Waals surface area contributed by atoms with E-state index in [9.17, 15) is 14.4 Å². The average Bonchev–Trinajstić information content (AvgIpc) is 2.68. The van der Waals surface area contributed by atoms with Crippen molar-refractivity contribution in [3.63, 3.8) is 0 Å². The fourth-order valence-corrected chi connectivity index (χ4v) is 1.92. The Hall–Kier alpha value is -2.21. The number of nitrogens with one attached hydrogen (secondary N) is 2. The fraction of sp³-hybridized carbons (Fsp3) is 0.250. The Labute approximate surface area is 103 Å². The molecule has 0 bridgehead atoms. The molecule has 3 N–H and O–H groups in total. The van der Waals surface area contributed by atoms with E-state index in [-0.39, 0.29) is 17.9 Å². The molecule has 94 valence electrons. The van der Waals surface area contributed by atoms with Gasteiger partial charge >= 0.3 is 5.97 Å². The monoisotopic (exact) mass is 248 g/mol. The third-order valence-corrected chi connectivity index (χ3v) is 2.81. The van der Waals surface area contributed by atoms with Crippen LogP contribution in [-0.4, -0.2) is 35.9 Å². The number of carboxylic acids is 1. The van der Waals surface area contributed by atoms with Gasteiger partial charge in [0.15, 0.2) is 11.8 Å². The van der Waals surface area contributed by atoms with E-state index in [1.807, 2.05) is 0 Å². The first kappa shape index (κ1) is 12.3. The molecule has 1 amide bonds. The predicted octanol–water partition coefficient (Wildman–Crippen LogP) is 0.0365. The molecule has 2 rings (SSSR count). The molecule has 1 heterocycles. The van der Waals surface area contributed by atoms with Crippen LogP contribution in [0.5, 0.6) is 0 Å². The van der Waals surface area contributed by atoms with E-state index in [4.69, 9.17) is 5.11 Å². The number of rotatable bonds is 4. The molecule has 0 aromatic heterocycles. The smallest absolute Gasteiger partial charge is 0.328 e. The molecule has 1 aromatic carbocycles. The first-order chi connectivity index (χ1) is 8.52. The Morgan fingerprint density at radius 1 is 1.44 bits per heavy atom. The molecule has 0 fully saturated rings. The summed E-state index contributed by atoms with van der Waals surface area (Å²) in [4.78, 5) is 34.0. The van der Waals surface area contributed by atoms with Crippen LogP contribution in [0.1, 0.15) is 15.9 Å². The second-order valence-corrected chi connectivity index (χ2v) is 4.02. The highest BCUT2D eigenvalue weighted by molar-refractivity contribution is 6.12. The van der Waals surface area contributed by atoms with Crippen LogP contribution in [0.25, 0.3) is 0 Å². The predicted molar refractivity (Wildman–Crippen MR) is 63.6 cm³/mol. The van der Waals surface area contributed by atoms with Crippen LogP contribution >= 0.6 is 0 Å². The summed E-state index contributed by atoms with van der Waals surface area (Å²) in [7, 11) is 1.41. The molecule has 1 atom stereocenters. The highest BCUT2D eigenvalue weighted by Gasteiger charge is 2.27. The van der Waals surface area contributed by atoms with Crippen molar-refractivity contribution in [1.82, 2.24) is 5.32 Å². The van der Waals surface area contributed by atoms with Gasteiger partial charge in [-0.05, 0) is 30.8 Å². The quantitative estimate of drug-likeness (QED) is 0.516. The zero-order valence-corrected chi connectivity index (χ0v) is 9.69. The number of anilines is 1. The maximum Gasteiger partial charge on any atom is 0.328 e. The molecular formula is C12H12N2O4. The van der Waals surface area contributed by atoms with Gasteiger partial charge in [-0.1, -0.05) is 0 Å². The molecule has 1 aliphatic rings. The van der Waals surface area contributed by atoms with E-state index in [0.29, 0.717) is 11.3 Å². The van der Waals surface area contributed by atoms with Crippen molar-refractivity contribution in [2.45, 2.75) is 12.5 Å². The molecule has 6 nitrogen and oxygen atoms in total. The Morgan fingerprint density at radius 2 is 2.17 bits per heavy atom. The Morgan fingerprint density at radius 3 is 2.78 bits per heavy atom. The highest BCUT2D eigenvalue weighted by Crippen LogP contribution is 2.24. The molecule has 1 unspecified atom stereocenters.